The van der Waals surface area contributed by atoms with E-state index in [0.717, 1.165) is 30.8 Å². The van der Waals surface area contributed by atoms with Gasteiger partial charge >= 0.3 is 0 Å². The molecule has 3 rings (SSSR count). The molecule has 4 heteroatoms. The Labute approximate surface area is 144 Å². The van der Waals surface area contributed by atoms with E-state index < -0.39 is 0 Å². The molecule has 24 heavy (non-hydrogen) atoms. The summed E-state index contributed by atoms with van der Waals surface area (Å²) >= 11 is 0. The second kappa shape index (κ2) is 7.79. The van der Waals surface area contributed by atoms with Gasteiger partial charge in [-0.05, 0) is 30.7 Å². The Morgan fingerprint density at radius 3 is 2.58 bits per heavy atom. The number of rotatable bonds is 6. The second-order valence-electron chi connectivity index (χ2n) is 6.59. The first kappa shape index (κ1) is 17.0. The fourth-order valence-electron chi connectivity index (χ4n) is 3.36. The van der Waals surface area contributed by atoms with Crippen LogP contribution >= 0.6 is 0 Å². The van der Waals surface area contributed by atoms with Crippen LogP contribution in [0.3, 0.4) is 0 Å². The van der Waals surface area contributed by atoms with Gasteiger partial charge in [0.1, 0.15) is 5.75 Å². The number of methoxy groups -OCH3 is 1. The van der Waals surface area contributed by atoms with Gasteiger partial charge in [-0.25, -0.2) is 0 Å². The Hall–Kier alpha value is -1.88. The van der Waals surface area contributed by atoms with Gasteiger partial charge in [0, 0.05) is 31.2 Å². The minimum Gasteiger partial charge on any atom is -0.496 e. The molecule has 0 amide bonds. The van der Waals surface area contributed by atoms with Crippen LogP contribution in [0.5, 0.6) is 5.75 Å². The van der Waals surface area contributed by atoms with Crippen LogP contribution in [0.1, 0.15) is 12.0 Å². The summed E-state index contributed by atoms with van der Waals surface area (Å²) in [6.07, 6.45) is 0.653. The van der Waals surface area contributed by atoms with Crippen molar-refractivity contribution >= 4 is 0 Å². The monoisotopic (exact) mass is 326 g/mol. The number of nitrogens with one attached hydrogen (secondary N) is 1. The average Bonchev–Trinajstić information content (AvgIpc) is 3.00. The largest absolute Gasteiger partial charge is 0.496 e. The molecule has 4 nitrogen and oxygen atoms in total. The normalized spacial score (nSPS) is 20.5. The van der Waals surface area contributed by atoms with Crippen LogP contribution in [0, 0.1) is 0 Å². The highest BCUT2D eigenvalue weighted by atomic mass is 16.5. The van der Waals surface area contributed by atoms with Crippen molar-refractivity contribution in [2.45, 2.75) is 25.1 Å². The van der Waals surface area contributed by atoms with Crippen molar-refractivity contribution < 1.29 is 9.84 Å². The van der Waals surface area contributed by atoms with E-state index >= 15 is 0 Å². The summed E-state index contributed by atoms with van der Waals surface area (Å²) in [5.41, 5.74) is 3.57. The summed E-state index contributed by atoms with van der Waals surface area (Å²) in [6, 6.07) is 17.1. The van der Waals surface area contributed by atoms with Gasteiger partial charge in [0.2, 0.25) is 0 Å². The average molecular weight is 326 g/mol. The quantitative estimate of drug-likeness (QED) is 0.856. The first-order valence-electron chi connectivity index (χ1n) is 8.48. The fraction of sp³-hybridized carbons (Fsp3) is 0.400. The van der Waals surface area contributed by atoms with E-state index in [9.17, 15) is 5.11 Å². The predicted molar refractivity (Wildman–Crippen MR) is 97.2 cm³/mol. The fourth-order valence-corrected chi connectivity index (χ4v) is 3.36. The van der Waals surface area contributed by atoms with Crippen LogP contribution < -0.4 is 10.1 Å². The van der Waals surface area contributed by atoms with Crippen molar-refractivity contribution in [1.82, 2.24) is 10.2 Å². The molecule has 0 spiro atoms. The Balaban J connectivity index is 1.62. The number of nitrogens with zero attached hydrogens (tertiary/aromatic N) is 1. The number of hydrogen-bond acceptors (Lipinski definition) is 4. The van der Waals surface area contributed by atoms with Gasteiger partial charge in [-0.2, -0.15) is 0 Å². The number of β-amino-alcohol motifs (C(OH)–C–C–N with tert-alkyl or cyclic N) is 1. The molecule has 0 bridgehead atoms. The highest BCUT2D eigenvalue weighted by Crippen LogP contribution is 2.29. The van der Waals surface area contributed by atoms with E-state index in [-0.39, 0.29) is 6.10 Å². The molecule has 0 aromatic heterocycles. The van der Waals surface area contributed by atoms with Crippen molar-refractivity contribution in [3.8, 4) is 16.9 Å². The van der Waals surface area contributed by atoms with Crippen LogP contribution in [-0.2, 0) is 6.54 Å². The number of likely N-dealkylation sites (N-methyl/N-ethyl adjacent to an activating group) is 1. The Kier molecular flexibility index (Phi) is 5.51. The number of ether oxygens (including phenoxy) is 1. The minimum atomic E-state index is -0.191. The summed E-state index contributed by atoms with van der Waals surface area (Å²) in [7, 11) is 3.83. The van der Waals surface area contributed by atoms with Crippen LogP contribution in [0.25, 0.3) is 11.1 Å². The lowest BCUT2D eigenvalue weighted by molar-refractivity contribution is 0.189. The van der Waals surface area contributed by atoms with Crippen molar-refractivity contribution in [3.63, 3.8) is 0 Å². The number of aliphatic hydroxyl groups is 1. The molecule has 0 unspecified atom stereocenters. The molecule has 0 saturated carbocycles. The maximum absolute atomic E-state index is 9.59. The molecule has 2 aromatic rings. The molecular weight excluding hydrogens is 300 g/mol. The van der Waals surface area contributed by atoms with Gasteiger partial charge in [0.05, 0.1) is 13.2 Å². The SMILES string of the molecule is COc1ccccc1-c1ccc(CN(C)C[C@@H]2C[C@@H](O)CN2)cc1. The van der Waals surface area contributed by atoms with Crippen molar-refractivity contribution in [2.75, 3.05) is 27.2 Å². The molecule has 1 aliphatic rings. The van der Waals surface area contributed by atoms with Crippen molar-refractivity contribution in [3.05, 3.63) is 54.1 Å². The lowest BCUT2D eigenvalue weighted by atomic mass is 10.0. The lowest BCUT2D eigenvalue weighted by Gasteiger charge is -2.21. The summed E-state index contributed by atoms with van der Waals surface area (Å²) in [5.74, 6) is 0.897. The number of benzene rings is 2. The smallest absolute Gasteiger partial charge is 0.126 e. The molecular formula is C20H26N2O2. The zero-order chi connectivity index (χ0) is 16.9. The van der Waals surface area contributed by atoms with E-state index in [1.165, 1.54) is 11.1 Å². The zero-order valence-corrected chi connectivity index (χ0v) is 14.4. The lowest BCUT2D eigenvalue weighted by Crippen LogP contribution is -2.34. The standard InChI is InChI=1S/C20H26N2O2/c1-22(14-17-11-18(23)12-21-17)13-15-7-9-16(10-8-15)19-5-3-4-6-20(19)24-2/h3-10,17-18,21,23H,11-14H2,1-2H3/t17-,18+/m0/s1. The topological polar surface area (TPSA) is 44.7 Å². The Bertz CT molecular complexity index is 657. The van der Waals surface area contributed by atoms with Gasteiger partial charge in [-0.3, -0.25) is 0 Å². The molecule has 1 saturated heterocycles. The molecule has 0 radical (unpaired) electrons. The molecule has 1 fully saturated rings. The molecule has 1 aliphatic heterocycles. The van der Waals surface area contributed by atoms with Crippen LogP contribution in [0.4, 0.5) is 0 Å². The van der Waals surface area contributed by atoms with Crippen LogP contribution in [0.15, 0.2) is 48.5 Å². The first-order valence-corrected chi connectivity index (χ1v) is 8.48. The van der Waals surface area contributed by atoms with Gasteiger partial charge < -0.3 is 20.1 Å². The molecule has 1 heterocycles. The van der Waals surface area contributed by atoms with Gasteiger partial charge in [-0.1, -0.05) is 42.5 Å². The van der Waals surface area contributed by atoms with E-state index in [0.29, 0.717) is 12.6 Å². The third-order valence-electron chi connectivity index (χ3n) is 4.56. The molecule has 2 atom stereocenters. The summed E-state index contributed by atoms with van der Waals surface area (Å²) in [6.45, 7) is 2.57. The minimum absolute atomic E-state index is 0.191. The third kappa shape index (κ3) is 4.15. The van der Waals surface area contributed by atoms with E-state index in [4.69, 9.17) is 4.74 Å². The molecule has 128 valence electrons. The summed E-state index contributed by atoms with van der Waals surface area (Å²) < 4.78 is 5.44. The van der Waals surface area contributed by atoms with Crippen LogP contribution in [-0.4, -0.2) is 49.4 Å². The third-order valence-corrected chi connectivity index (χ3v) is 4.56. The molecule has 2 N–H and O–H groups in total. The number of aliphatic hydroxyl groups excluding tert-OH is 1. The highest BCUT2D eigenvalue weighted by molar-refractivity contribution is 5.70. The van der Waals surface area contributed by atoms with Gasteiger partial charge in [0.15, 0.2) is 0 Å². The Morgan fingerprint density at radius 1 is 1.17 bits per heavy atom. The van der Waals surface area contributed by atoms with Crippen molar-refractivity contribution in [2.24, 2.45) is 0 Å². The summed E-state index contributed by atoms with van der Waals surface area (Å²) in [5, 5.41) is 13.0. The maximum Gasteiger partial charge on any atom is 0.126 e. The highest BCUT2D eigenvalue weighted by Gasteiger charge is 2.22. The number of hydrogen-bond donors (Lipinski definition) is 2. The van der Waals surface area contributed by atoms with Crippen LogP contribution in [0.2, 0.25) is 0 Å². The zero-order valence-electron chi connectivity index (χ0n) is 14.4. The predicted octanol–water partition coefficient (Wildman–Crippen LogP) is 2.52. The summed E-state index contributed by atoms with van der Waals surface area (Å²) in [4.78, 5) is 2.30. The van der Waals surface area contributed by atoms with E-state index in [1.807, 2.05) is 18.2 Å². The van der Waals surface area contributed by atoms with Gasteiger partial charge in [0.25, 0.3) is 0 Å². The molecule has 2 aromatic carbocycles. The number of para-hydroxylation sites is 1. The second-order valence-corrected chi connectivity index (χ2v) is 6.59. The maximum atomic E-state index is 9.59. The van der Waals surface area contributed by atoms with E-state index in [2.05, 4.69) is 47.6 Å². The van der Waals surface area contributed by atoms with E-state index in [1.54, 1.807) is 7.11 Å². The molecule has 0 aliphatic carbocycles. The Morgan fingerprint density at radius 2 is 1.92 bits per heavy atom. The first-order chi connectivity index (χ1) is 11.7. The van der Waals surface area contributed by atoms with Gasteiger partial charge in [-0.15, -0.1) is 0 Å². The van der Waals surface area contributed by atoms with Crippen molar-refractivity contribution in [1.29, 1.82) is 0 Å².